The summed E-state index contributed by atoms with van der Waals surface area (Å²) in [6.45, 7) is 7.51. The molecule has 0 radical (unpaired) electrons. The average Bonchev–Trinajstić information content (AvgIpc) is 2.95. The van der Waals surface area contributed by atoms with Crippen LogP contribution in [0.5, 0.6) is 0 Å². The molecule has 0 bridgehead atoms. The van der Waals surface area contributed by atoms with Gasteiger partial charge in [-0.25, -0.2) is 8.42 Å². The second-order valence-corrected chi connectivity index (χ2v) is 12.6. The molecule has 0 spiro atoms. The molecule has 1 atom stereocenters. The smallest absolute Gasteiger partial charge is 0.264 e. The molecule has 0 aromatic heterocycles. The minimum Gasteiger partial charge on any atom is -0.354 e. The summed E-state index contributed by atoms with van der Waals surface area (Å²) < 4.78 is 29.0. The average molecular weight is 619 g/mol. The Morgan fingerprint density at radius 2 is 1.56 bits per heavy atom. The van der Waals surface area contributed by atoms with Gasteiger partial charge in [-0.15, -0.1) is 0 Å². The lowest BCUT2D eigenvalue weighted by Gasteiger charge is -2.33. The first-order valence-electron chi connectivity index (χ1n) is 13.7. The van der Waals surface area contributed by atoms with Crippen LogP contribution in [-0.2, 0) is 26.2 Å². The van der Waals surface area contributed by atoms with Crippen LogP contribution in [0.4, 0.5) is 5.69 Å². The van der Waals surface area contributed by atoms with Crippen molar-refractivity contribution in [1.82, 2.24) is 10.2 Å². The molecule has 1 N–H and O–H groups in total. The van der Waals surface area contributed by atoms with E-state index in [0.717, 1.165) is 28.3 Å². The molecule has 7 nitrogen and oxygen atoms in total. The number of carbonyl (C=O) groups excluding carboxylic acids is 2. The predicted octanol–water partition coefficient (Wildman–Crippen LogP) is 6.53. The molecule has 0 aliphatic carbocycles. The number of halogens is 2. The molecule has 2 amide bonds. The van der Waals surface area contributed by atoms with Gasteiger partial charge in [0.25, 0.3) is 10.0 Å². The number of aryl methyl sites for hydroxylation is 2. The summed E-state index contributed by atoms with van der Waals surface area (Å²) in [4.78, 5) is 28.9. The molecule has 0 fully saturated rings. The summed E-state index contributed by atoms with van der Waals surface area (Å²) in [5, 5.41) is 3.60. The highest BCUT2D eigenvalue weighted by Crippen LogP contribution is 2.29. The number of benzene rings is 3. The Morgan fingerprint density at radius 1 is 0.902 bits per heavy atom. The second-order valence-electron chi connectivity index (χ2n) is 9.88. The Bertz CT molecular complexity index is 1450. The summed E-state index contributed by atoms with van der Waals surface area (Å²) >= 11 is 12.9. The Labute approximate surface area is 253 Å². The molecule has 0 heterocycles. The van der Waals surface area contributed by atoms with E-state index < -0.39 is 28.5 Å². The van der Waals surface area contributed by atoms with E-state index in [9.17, 15) is 18.0 Å². The van der Waals surface area contributed by atoms with E-state index in [-0.39, 0.29) is 17.3 Å². The van der Waals surface area contributed by atoms with E-state index in [1.54, 1.807) is 55.5 Å². The molecule has 3 aromatic carbocycles. The number of rotatable bonds is 13. The number of anilines is 1. The van der Waals surface area contributed by atoms with E-state index in [1.807, 2.05) is 26.8 Å². The maximum atomic E-state index is 14.2. The number of amides is 2. The van der Waals surface area contributed by atoms with Gasteiger partial charge in [0.2, 0.25) is 11.8 Å². The quantitative estimate of drug-likeness (QED) is 0.221. The monoisotopic (exact) mass is 617 g/mol. The zero-order valence-electron chi connectivity index (χ0n) is 23.9. The molecule has 0 saturated heterocycles. The van der Waals surface area contributed by atoms with Crippen LogP contribution in [0.25, 0.3) is 0 Å². The molecular weight excluding hydrogens is 581 g/mol. The summed E-state index contributed by atoms with van der Waals surface area (Å²) in [7, 11) is -4.14. The lowest BCUT2D eigenvalue weighted by Crippen LogP contribution is -2.52. The normalized spacial score (nSPS) is 12.0. The lowest BCUT2D eigenvalue weighted by molar-refractivity contribution is -0.140. The van der Waals surface area contributed by atoms with E-state index in [4.69, 9.17) is 23.2 Å². The van der Waals surface area contributed by atoms with Crippen molar-refractivity contribution >= 4 is 50.7 Å². The maximum absolute atomic E-state index is 14.2. The minimum atomic E-state index is -4.14. The van der Waals surface area contributed by atoms with E-state index in [0.29, 0.717) is 34.3 Å². The van der Waals surface area contributed by atoms with Crippen molar-refractivity contribution in [3.05, 3.63) is 93.5 Å². The predicted molar refractivity (Wildman–Crippen MR) is 166 cm³/mol. The molecule has 0 aliphatic rings. The fourth-order valence-corrected chi connectivity index (χ4v) is 6.35. The number of sulfonamides is 1. The second kappa shape index (κ2) is 14.7. The van der Waals surface area contributed by atoms with Crippen molar-refractivity contribution in [2.24, 2.45) is 0 Å². The van der Waals surface area contributed by atoms with Crippen LogP contribution in [0.2, 0.25) is 10.0 Å². The largest absolute Gasteiger partial charge is 0.354 e. The van der Waals surface area contributed by atoms with Crippen molar-refractivity contribution in [2.45, 2.75) is 64.4 Å². The molecular formula is C31H37Cl2N3O4S. The van der Waals surface area contributed by atoms with Gasteiger partial charge in [0, 0.05) is 28.7 Å². The minimum absolute atomic E-state index is 0.0519. The number of carbonyl (C=O) groups is 2. The first kappa shape index (κ1) is 32.4. The standard InChI is InChI=1S/C31H37Cl2N3O4S/c1-5-7-18-34-31(38)29(6-2)35(20-26-27(32)14-11-15-28(26)33)30(37)21-36(24-17-16-22(3)23(4)19-24)41(39,40)25-12-9-8-10-13-25/h8-17,19,29H,5-7,18,20-21H2,1-4H3,(H,34,38)/t29-/m1/s1. The molecule has 0 unspecified atom stereocenters. The third-order valence-electron chi connectivity index (χ3n) is 6.99. The fourth-order valence-electron chi connectivity index (χ4n) is 4.41. The van der Waals surface area contributed by atoms with Gasteiger partial charge >= 0.3 is 0 Å². The van der Waals surface area contributed by atoms with Gasteiger partial charge in [-0.3, -0.25) is 13.9 Å². The third-order valence-corrected chi connectivity index (χ3v) is 9.49. The Morgan fingerprint density at radius 3 is 2.15 bits per heavy atom. The van der Waals surface area contributed by atoms with Crippen molar-refractivity contribution in [1.29, 1.82) is 0 Å². The van der Waals surface area contributed by atoms with Crippen molar-refractivity contribution in [3.8, 4) is 0 Å². The summed E-state index contributed by atoms with van der Waals surface area (Å²) in [5.74, 6) is -0.877. The number of unbranched alkanes of at least 4 members (excludes halogenated alkanes) is 1. The molecule has 3 aromatic rings. The topological polar surface area (TPSA) is 86.8 Å². The van der Waals surface area contributed by atoms with Crippen LogP contribution in [0.15, 0.2) is 71.6 Å². The van der Waals surface area contributed by atoms with Crippen LogP contribution < -0.4 is 9.62 Å². The van der Waals surface area contributed by atoms with E-state index in [2.05, 4.69) is 5.32 Å². The number of nitrogens with one attached hydrogen (secondary N) is 1. The van der Waals surface area contributed by atoms with Gasteiger partial charge in [0.05, 0.1) is 10.6 Å². The van der Waals surface area contributed by atoms with Crippen molar-refractivity contribution in [3.63, 3.8) is 0 Å². The third kappa shape index (κ3) is 8.03. The Hall–Kier alpha value is -3.07. The molecule has 0 saturated carbocycles. The first-order chi connectivity index (χ1) is 19.5. The number of hydrogen-bond acceptors (Lipinski definition) is 4. The molecule has 0 aliphatic heterocycles. The van der Waals surface area contributed by atoms with Gasteiger partial charge in [0.15, 0.2) is 0 Å². The van der Waals surface area contributed by atoms with Gasteiger partial charge < -0.3 is 10.2 Å². The maximum Gasteiger partial charge on any atom is 0.264 e. The van der Waals surface area contributed by atoms with Crippen molar-refractivity contribution < 1.29 is 18.0 Å². The number of hydrogen-bond donors (Lipinski definition) is 1. The van der Waals surface area contributed by atoms with Crippen LogP contribution in [0, 0.1) is 13.8 Å². The zero-order valence-corrected chi connectivity index (χ0v) is 26.2. The van der Waals surface area contributed by atoms with E-state index >= 15 is 0 Å². The molecule has 10 heteroatoms. The fraction of sp³-hybridized carbons (Fsp3) is 0.355. The highest BCUT2D eigenvalue weighted by atomic mass is 35.5. The lowest BCUT2D eigenvalue weighted by atomic mass is 10.1. The van der Waals surface area contributed by atoms with E-state index in [1.165, 1.54) is 17.0 Å². The van der Waals surface area contributed by atoms with Gasteiger partial charge in [0.1, 0.15) is 12.6 Å². The van der Waals surface area contributed by atoms with Crippen LogP contribution in [0.1, 0.15) is 49.8 Å². The molecule has 220 valence electrons. The van der Waals surface area contributed by atoms with Gasteiger partial charge in [-0.2, -0.15) is 0 Å². The Balaban J connectivity index is 2.09. The summed E-state index contributed by atoms with van der Waals surface area (Å²) in [5.41, 5.74) is 2.70. The highest BCUT2D eigenvalue weighted by molar-refractivity contribution is 7.92. The SMILES string of the molecule is CCCCNC(=O)[C@@H](CC)N(Cc1c(Cl)cccc1Cl)C(=O)CN(c1ccc(C)c(C)c1)S(=O)(=O)c1ccccc1. The first-order valence-corrected chi connectivity index (χ1v) is 15.9. The van der Waals surface area contributed by atoms with Crippen molar-refractivity contribution in [2.75, 3.05) is 17.4 Å². The van der Waals surface area contributed by atoms with Crippen LogP contribution >= 0.6 is 23.2 Å². The van der Waals surface area contributed by atoms with Gasteiger partial charge in [-0.1, -0.05) is 73.8 Å². The zero-order chi connectivity index (χ0) is 30.2. The Kier molecular flexibility index (Phi) is 11.6. The van der Waals surface area contributed by atoms with Gasteiger partial charge in [-0.05, 0) is 74.2 Å². The summed E-state index contributed by atoms with van der Waals surface area (Å²) in [6, 6.07) is 17.4. The highest BCUT2D eigenvalue weighted by Gasteiger charge is 2.34. The number of nitrogens with zero attached hydrogens (tertiary/aromatic N) is 2. The van der Waals surface area contributed by atoms with Crippen LogP contribution in [0.3, 0.4) is 0 Å². The molecule has 3 rings (SSSR count). The molecule has 41 heavy (non-hydrogen) atoms. The van der Waals surface area contributed by atoms with Crippen LogP contribution in [-0.4, -0.2) is 44.3 Å². The summed E-state index contributed by atoms with van der Waals surface area (Å²) in [6.07, 6.45) is 2.00.